The van der Waals surface area contributed by atoms with E-state index in [0.29, 0.717) is 17.3 Å². The Morgan fingerprint density at radius 1 is 0.917 bits per heavy atom. The van der Waals surface area contributed by atoms with E-state index in [2.05, 4.69) is 10.1 Å². The summed E-state index contributed by atoms with van der Waals surface area (Å²) >= 11 is 0. The molecule has 3 aromatic rings. The van der Waals surface area contributed by atoms with E-state index in [-0.39, 0.29) is 24.9 Å². The normalized spacial score (nSPS) is 13.9. The van der Waals surface area contributed by atoms with Crippen LogP contribution in [-0.4, -0.2) is 23.4 Å². The molecule has 120 valence electrons. The Bertz CT molecular complexity index is 912. The molecule has 0 spiro atoms. The highest BCUT2D eigenvalue weighted by molar-refractivity contribution is 6.04. The molecule has 0 saturated carbocycles. The van der Waals surface area contributed by atoms with Gasteiger partial charge in [0.15, 0.2) is 6.61 Å². The average molecular weight is 340 g/mol. The lowest BCUT2D eigenvalue weighted by Gasteiger charge is -2.23. The minimum atomic E-state index is -0.208. The summed E-state index contributed by atoms with van der Waals surface area (Å²) in [6.45, 7) is -0.0533. The Hall–Kier alpha value is -2.92. The summed E-state index contributed by atoms with van der Waals surface area (Å²) in [5.74, 6) is 0.139. The molecule has 0 atom stereocenters. The summed E-state index contributed by atoms with van der Waals surface area (Å²) in [4.78, 5) is 16.6. The molecule has 0 saturated heterocycles. The van der Waals surface area contributed by atoms with Gasteiger partial charge in [0.2, 0.25) is 0 Å². The molecule has 0 N–H and O–H groups in total. The zero-order valence-corrected chi connectivity index (χ0v) is 13.4. The molecular formula is C18H14ClN3O2. The molecular weight excluding hydrogens is 326 g/mol. The molecule has 0 radical (unpaired) electrons. The van der Waals surface area contributed by atoms with E-state index in [9.17, 15) is 4.79 Å². The molecule has 1 aromatic heterocycles. The van der Waals surface area contributed by atoms with Gasteiger partial charge in [0, 0.05) is 5.39 Å². The number of benzene rings is 2. The maximum atomic E-state index is 12.1. The quantitative estimate of drug-likeness (QED) is 0.719. The maximum Gasteiger partial charge on any atom is 0.285 e. The average Bonchev–Trinajstić information content (AvgIpc) is 2.62. The second-order valence-corrected chi connectivity index (χ2v) is 5.12. The van der Waals surface area contributed by atoms with Crippen molar-refractivity contribution >= 4 is 40.8 Å². The number of amides is 1. The number of halogens is 1. The molecule has 1 amide bonds. The van der Waals surface area contributed by atoms with Crippen molar-refractivity contribution in [1.29, 1.82) is 0 Å². The fraction of sp³-hybridized carbons (Fsp3) is 0.0556. The minimum Gasteiger partial charge on any atom is -0.465 e. The maximum absolute atomic E-state index is 12.1. The standard InChI is InChI=1S/C18H13N3O2.ClH/c22-17-12-23-18(20-21(17)14-7-2-1-3-8-14)16-11-10-13-6-4-5-9-15(13)19-16;/h1-11H,12H2;1H. The summed E-state index contributed by atoms with van der Waals surface area (Å²) in [5.41, 5.74) is 2.18. The zero-order chi connectivity index (χ0) is 15.6. The summed E-state index contributed by atoms with van der Waals surface area (Å²) in [6.07, 6.45) is 0. The van der Waals surface area contributed by atoms with Gasteiger partial charge in [0.25, 0.3) is 11.8 Å². The van der Waals surface area contributed by atoms with Crippen LogP contribution >= 0.6 is 12.4 Å². The molecule has 0 bridgehead atoms. The van der Waals surface area contributed by atoms with Crippen molar-refractivity contribution in [3.63, 3.8) is 0 Å². The van der Waals surface area contributed by atoms with Crippen LogP contribution in [-0.2, 0) is 9.53 Å². The third-order valence-electron chi connectivity index (χ3n) is 3.58. The fourth-order valence-corrected chi connectivity index (χ4v) is 2.45. The minimum absolute atomic E-state index is 0. The molecule has 1 aliphatic rings. The number of carbonyl (C=O) groups is 1. The van der Waals surface area contributed by atoms with Crippen molar-refractivity contribution < 1.29 is 9.53 Å². The fourth-order valence-electron chi connectivity index (χ4n) is 2.45. The van der Waals surface area contributed by atoms with E-state index in [1.807, 2.05) is 66.7 Å². The van der Waals surface area contributed by atoms with Gasteiger partial charge < -0.3 is 4.74 Å². The lowest BCUT2D eigenvalue weighted by atomic mass is 10.2. The predicted molar refractivity (Wildman–Crippen MR) is 95.4 cm³/mol. The Morgan fingerprint density at radius 3 is 2.50 bits per heavy atom. The number of hydrogen-bond donors (Lipinski definition) is 0. The molecule has 6 heteroatoms. The molecule has 0 unspecified atom stereocenters. The van der Waals surface area contributed by atoms with Crippen molar-refractivity contribution in [2.24, 2.45) is 5.10 Å². The Kier molecular flexibility index (Phi) is 4.44. The van der Waals surface area contributed by atoms with Gasteiger partial charge in [-0.25, -0.2) is 4.98 Å². The Morgan fingerprint density at radius 2 is 1.67 bits per heavy atom. The van der Waals surface area contributed by atoms with Crippen LogP contribution in [0.1, 0.15) is 5.69 Å². The van der Waals surface area contributed by atoms with Gasteiger partial charge in [-0.3, -0.25) is 4.79 Å². The van der Waals surface area contributed by atoms with Gasteiger partial charge in [0.1, 0.15) is 5.69 Å². The van der Waals surface area contributed by atoms with Crippen molar-refractivity contribution in [3.8, 4) is 0 Å². The first-order valence-corrected chi connectivity index (χ1v) is 7.27. The van der Waals surface area contributed by atoms with E-state index < -0.39 is 0 Å². The number of nitrogens with zero attached hydrogens (tertiary/aromatic N) is 3. The second-order valence-electron chi connectivity index (χ2n) is 5.12. The first-order chi connectivity index (χ1) is 11.3. The number of hydrazone groups is 1. The van der Waals surface area contributed by atoms with Crippen molar-refractivity contribution in [2.75, 3.05) is 11.6 Å². The van der Waals surface area contributed by atoms with Crippen LogP contribution < -0.4 is 5.01 Å². The SMILES string of the molecule is Cl.O=C1COC(c2ccc3ccccc3n2)=NN1c1ccccc1. The van der Waals surface area contributed by atoms with E-state index >= 15 is 0 Å². The number of anilines is 1. The Balaban J connectivity index is 0.00000169. The highest BCUT2D eigenvalue weighted by Crippen LogP contribution is 2.19. The monoisotopic (exact) mass is 339 g/mol. The van der Waals surface area contributed by atoms with E-state index in [1.165, 1.54) is 5.01 Å². The summed E-state index contributed by atoms with van der Waals surface area (Å²) in [6, 6.07) is 20.9. The second kappa shape index (κ2) is 6.68. The van der Waals surface area contributed by atoms with Gasteiger partial charge in [-0.2, -0.15) is 5.01 Å². The molecule has 4 rings (SSSR count). The number of pyridine rings is 1. The number of carbonyl (C=O) groups excluding carboxylic acids is 1. The van der Waals surface area contributed by atoms with Crippen LogP contribution in [0.15, 0.2) is 71.8 Å². The topological polar surface area (TPSA) is 54.8 Å². The van der Waals surface area contributed by atoms with Gasteiger partial charge >= 0.3 is 0 Å². The molecule has 0 fully saturated rings. The van der Waals surface area contributed by atoms with Crippen LogP contribution in [0.25, 0.3) is 10.9 Å². The number of hydrogen-bond acceptors (Lipinski definition) is 4. The first-order valence-electron chi connectivity index (χ1n) is 7.27. The van der Waals surface area contributed by atoms with Gasteiger partial charge in [-0.1, -0.05) is 42.5 Å². The molecule has 2 aromatic carbocycles. The summed E-state index contributed by atoms with van der Waals surface area (Å²) < 4.78 is 5.47. The number of rotatable bonds is 2. The first kappa shape index (κ1) is 16.0. The highest BCUT2D eigenvalue weighted by Gasteiger charge is 2.24. The largest absolute Gasteiger partial charge is 0.465 e. The number of ether oxygens (including phenoxy) is 1. The Labute approximate surface area is 145 Å². The van der Waals surface area contributed by atoms with Crippen LogP contribution in [0.4, 0.5) is 5.69 Å². The molecule has 2 heterocycles. The van der Waals surface area contributed by atoms with E-state index in [4.69, 9.17) is 4.74 Å². The molecule has 1 aliphatic heterocycles. The predicted octanol–water partition coefficient (Wildman–Crippen LogP) is 3.38. The lowest BCUT2D eigenvalue weighted by molar-refractivity contribution is -0.121. The van der Waals surface area contributed by atoms with E-state index in [1.54, 1.807) is 0 Å². The van der Waals surface area contributed by atoms with Crippen LogP contribution in [0.2, 0.25) is 0 Å². The zero-order valence-electron chi connectivity index (χ0n) is 12.6. The molecule has 5 nitrogen and oxygen atoms in total. The van der Waals surface area contributed by atoms with Gasteiger partial charge in [-0.05, 0) is 24.3 Å². The van der Waals surface area contributed by atoms with Crippen LogP contribution in [0.5, 0.6) is 0 Å². The van der Waals surface area contributed by atoms with E-state index in [0.717, 1.165) is 10.9 Å². The highest BCUT2D eigenvalue weighted by atomic mass is 35.5. The number of para-hydroxylation sites is 2. The molecule has 0 aliphatic carbocycles. The lowest BCUT2D eigenvalue weighted by Crippen LogP contribution is -2.37. The summed E-state index contributed by atoms with van der Waals surface area (Å²) in [7, 11) is 0. The van der Waals surface area contributed by atoms with Gasteiger partial charge in [0.05, 0.1) is 11.2 Å². The van der Waals surface area contributed by atoms with Crippen LogP contribution in [0.3, 0.4) is 0 Å². The van der Waals surface area contributed by atoms with Crippen molar-refractivity contribution in [2.45, 2.75) is 0 Å². The third kappa shape index (κ3) is 2.94. The third-order valence-corrected chi connectivity index (χ3v) is 3.58. The van der Waals surface area contributed by atoms with Crippen LogP contribution in [0, 0.1) is 0 Å². The number of fused-ring (bicyclic) bond motifs is 1. The van der Waals surface area contributed by atoms with Gasteiger partial charge in [-0.15, -0.1) is 17.5 Å². The number of aromatic nitrogens is 1. The van der Waals surface area contributed by atoms with Crippen molar-refractivity contribution in [3.05, 3.63) is 72.4 Å². The molecule has 24 heavy (non-hydrogen) atoms. The summed E-state index contributed by atoms with van der Waals surface area (Å²) in [5, 5.41) is 6.73. The smallest absolute Gasteiger partial charge is 0.285 e. The van der Waals surface area contributed by atoms with Crippen molar-refractivity contribution in [1.82, 2.24) is 4.98 Å².